The molecule has 0 amide bonds. The number of nitrogens with zero attached hydrogens (tertiary/aromatic N) is 1. The summed E-state index contributed by atoms with van der Waals surface area (Å²) in [6.07, 6.45) is 4.78. The van der Waals surface area contributed by atoms with Crippen LogP contribution in [0.15, 0.2) is 28.6 Å². The van der Waals surface area contributed by atoms with Crippen molar-refractivity contribution in [3.05, 3.63) is 24.3 Å². The third-order valence-electron chi connectivity index (χ3n) is 3.20. The summed E-state index contributed by atoms with van der Waals surface area (Å²) in [5, 5.41) is 9.94. The van der Waals surface area contributed by atoms with Gasteiger partial charge in [0.25, 0.3) is 0 Å². The zero-order valence-corrected chi connectivity index (χ0v) is 13.4. The fourth-order valence-corrected chi connectivity index (χ4v) is 4.49. The van der Waals surface area contributed by atoms with Gasteiger partial charge in [-0.25, -0.2) is 4.98 Å². The Kier molecular flexibility index (Phi) is 6.13. The second-order valence-electron chi connectivity index (χ2n) is 4.96. The summed E-state index contributed by atoms with van der Waals surface area (Å²) in [5.41, 5.74) is 0.887. The topological polar surface area (TPSA) is 50.2 Å². The quantitative estimate of drug-likeness (QED) is 0.756. The Morgan fingerprint density at radius 3 is 2.85 bits per heavy atom. The maximum atomic E-state index is 12.2. The van der Waals surface area contributed by atoms with Crippen molar-refractivity contribution in [1.82, 2.24) is 4.98 Å². The van der Waals surface area contributed by atoms with Crippen LogP contribution in [0.1, 0.15) is 39.0 Å². The van der Waals surface area contributed by atoms with Crippen molar-refractivity contribution >= 4 is 32.4 Å². The van der Waals surface area contributed by atoms with Crippen LogP contribution >= 0.6 is 11.3 Å². The first kappa shape index (κ1) is 15.6. The molecular weight excluding hydrogens is 290 g/mol. The first-order valence-corrected chi connectivity index (χ1v) is 9.26. The van der Waals surface area contributed by atoms with Crippen molar-refractivity contribution in [2.24, 2.45) is 0 Å². The van der Waals surface area contributed by atoms with Crippen LogP contribution in [-0.2, 0) is 10.8 Å². The highest BCUT2D eigenvalue weighted by molar-refractivity contribution is 7.87. The van der Waals surface area contributed by atoms with Crippen molar-refractivity contribution in [3.8, 4) is 0 Å². The van der Waals surface area contributed by atoms with Gasteiger partial charge in [-0.05, 0) is 18.6 Å². The summed E-state index contributed by atoms with van der Waals surface area (Å²) in [5.74, 6) is 0.298. The molecule has 2 aromatic rings. The highest BCUT2D eigenvalue weighted by Gasteiger charge is 2.15. The Bertz CT molecular complexity index is 535. The third-order valence-corrected chi connectivity index (χ3v) is 6.01. The lowest BCUT2D eigenvalue weighted by molar-refractivity contribution is 0.184. The number of hydrogen-bond acceptors (Lipinski definition) is 4. The Labute approximate surface area is 126 Å². The summed E-state index contributed by atoms with van der Waals surface area (Å²) in [7, 11) is -1.20. The summed E-state index contributed by atoms with van der Waals surface area (Å²) in [6, 6.07) is 7.79. The number of aliphatic hydroxyl groups is 1. The molecule has 1 aromatic carbocycles. The molecule has 0 fully saturated rings. The Morgan fingerprint density at radius 2 is 2.10 bits per heavy atom. The van der Waals surface area contributed by atoms with Crippen LogP contribution in [0.25, 0.3) is 10.2 Å². The number of unbranched alkanes of at least 4 members (excludes halogenated alkanes) is 3. The normalized spacial score (nSPS) is 14.5. The average Bonchev–Trinajstić information content (AvgIpc) is 2.87. The van der Waals surface area contributed by atoms with E-state index in [1.165, 1.54) is 24.2 Å². The standard InChI is InChI=1S/C15H21NO2S2/c1-2-3-4-5-8-12(17)11-20(18)15-16-13-9-6-7-10-14(13)19-15/h6-7,9-10,12,17H,2-5,8,11H2,1H3. The summed E-state index contributed by atoms with van der Waals surface area (Å²) < 4.78 is 13.9. The van der Waals surface area contributed by atoms with Crippen LogP contribution in [0.2, 0.25) is 0 Å². The van der Waals surface area contributed by atoms with Gasteiger partial charge in [0.05, 0.1) is 32.9 Å². The molecule has 0 spiro atoms. The molecule has 110 valence electrons. The minimum absolute atomic E-state index is 0.298. The van der Waals surface area contributed by atoms with E-state index in [1.54, 1.807) is 0 Å². The van der Waals surface area contributed by atoms with E-state index in [2.05, 4.69) is 11.9 Å². The molecule has 0 radical (unpaired) electrons. The molecule has 1 heterocycles. The van der Waals surface area contributed by atoms with Gasteiger partial charge >= 0.3 is 0 Å². The molecule has 0 bridgehead atoms. The van der Waals surface area contributed by atoms with E-state index in [-0.39, 0.29) is 0 Å². The SMILES string of the molecule is CCCCCCC(O)CS(=O)c1nc2ccccc2s1. The van der Waals surface area contributed by atoms with Gasteiger partial charge in [0.15, 0.2) is 4.34 Å². The van der Waals surface area contributed by atoms with Crippen LogP contribution in [-0.4, -0.2) is 26.2 Å². The van der Waals surface area contributed by atoms with E-state index >= 15 is 0 Å². The number of thiazole rings is 1. The molecule has 1 N–H and O–H groups in total. The molecule has 0 saturated carbocycles. The number of hydrogen-bond donors (Lipinski definition) is 1. The van der Waals surface area contributed by atoms with Gasteiger partial charge < -0.3 is 5.11 Å². The van der Waals surface area contributed by atoms with Gasteiger partial charge in [-0.1, -0.05) is 44.7 Å². The molecule has 0 aliphatic rings. The van der Waals surface area contributed by atoms with E-state index in [1.807, 2.05) is 24.3 Å². The Balaban J connectivity index is 1.87. The molecule has 2 unspecified atom stereocenters. The van der Waals surface area contributed by atoms with Crippen LogP contribution in [0, 0.1) is 0 Å². The lowest BCUT2D eigenvalue weighted by Crippen LogP contribution is -2.16. The zero-order valence-electron chi connectivity index (χ0n) is 11.7. The molecule has 2 rings (SSSR count). The largest absolute Gasteiger partial charge is 0.392 e. The van der Waals surface area contributed by atoms with Gasteiger partial charge in [-0.15, -0.1) is 11.3 Å². The lowest BCUT2D eigenvalue weighted by atomic mass is 10.1. The summed E-state index contributed by atoms with van der Waals surface area (Å²) in [6.45, 7) is 2.17. The number of aromatic nitrogens is 1. The van der Waals surface area contributed by atoms with Crippen molar-refractivity contribution in [2.75, 3.05) is 5.75 Å². The molecular formula is C15H21NO2S2. The van der Waals surface area contributed by atoms with Gasteiger partial charge in [0, 0.05) is 0 Å². The Morgan fingerprint density at radius 1 is 1.30 bits per heavy atom. The molecule has 20 heavy (non-hydrogen) atoms. The van der Waals surface area contributed by atoms with Crippen molar-refractivity contribution < 1.29 is 9.32 Å². The van der Waals surface area contributed by atoms with E-state index in [4.69, 9.17) is 0 Å². The summed E-state index contributed by atoms with van der Waals surface area (Å²) >= 11 is 1.46. The lowest BCUT2D eigenvalue weighted by Gasteiger charge is -2.08. The molecule has 3 nitrogen and oxygen atoms in total. The first-order valence-electron chi connectivity index (χ1n) is 7.12. The van der Waals surface area contributed by atoms with Crippen LogP contribution in [0.5, 0.6) is 0 Å². The number of rotatable bonds is 8. The van der Waals surface area contributed by atoms with E-state index in [0.29, 0.717) is 10.1 Å². The van der Waals surface area contributed by atoms with Crippen LogP contribution in [0.3, 0.4) is 0 Å². The van der Waals surface area contributed by atoms with Crippen LogP contribution < -0.4 is 0 Å². The predicted molar refractivity (Wildman–Crippen MR) is 85.7 cm³/mol. The first-order chi connectivity index (χ1) is 9.70. The van der Waals surface area contributed by atoms with Crippen LogP contribution in [0.4, 0.5) is 0 Å². The molecule has 5 heteroatoms. The van der Waals surface area contributed by atoms with Crippen molar-refractivity contribution in [3.63, 3.8) is 0 Å². The predicted octanol–water partition coefficient (Wildman–Crippen LogP) is 3.74. The van der Waals surface area contributed by atoms with E-state index < -0.39 is 16.9 Å². The maximum absolute atomic E-state index is 12.2. The van der Waals surface area contributed by atoms with Crippen molar-refractivity contribution in [2.45, 2.75) is 49.5 Å². The highest BCUT2D eigenvalue weighted by Crippen LogP contribution is 2.24. The smallest absolute Gasteiger partial charge is 0.181 e. The fourth-order valence-electron chi connectivity index (χ4n) is 2.08. The van der Waals surface area contributed by atoms with Gasteiger partial charge in [-0.2, -0.15) is 0 Å². The second kappa shape index (κ2) is 7.86. The summed E-state index contributed by atoms with van der Waals surface area (Å²) in [4.78, 5) is 4.38. The molecule has 0 aliphatic carbocycles. The van der Waals surface area contributed by atoms with Gasteiger partial charge in [0.2, 0.25) is 0 Å². The van der Waals surface area contributed by atoms with Gasteiger partial charge in [-0.3, -0.25) is 4.21 Å². The zero-order chi connectivity index (χ0) is 14.4. The molecule has 0 saturated heterocycles. The maximum Gasteiger partial charge on any atom is 0.181 e. The Hall–Kier alpha value is -0.780. The highest BCUT2D eigenvalue weighted by atomic mass is 32.2. The van der Waals surface area contributed by atoms with Crippen molar-refractivity contribution in [1.29, 1.82) is 0 Å². The molecule has 1 aromatic heterocycles. The van der Waals surface area contributed by atoms with E-state index in [9.17, 15) is 9.32 Å². The molecule has 0 aliphatic heterocycles. The minimum Gasteiger partial charge on any atom is -0.392 e. The number of fused-ring (bicyclic) bond motifs is 1. The van der Waals surface area contributed by atoms with E-state index in [0.717, 1.165) is 29.5 Å². The second-order valence-corrected chi connectivity index (χ2v) is 7.66. The number of benzene rings is 1. The average molecular weight is 311 g/mol. The third kappa shape index (κ3) is 4.36. The number of para-hydroxylation sites is 1. The fraction of sp³-hybridized carbons (Fsp3) is 0.533. The number of aliphatic hydroxyl groups excluding tert-OH is 1. The molecule has 2 atom stereocenters. The monoisotopic (exact) mass is 311 g/mol. The van der Waals surface area contributed by atoms with Gasteiger partial charge in [0.1, 0.15) is 0 Å². The minimum atomic E-state index is -1.20.